The number of carbonyl (C=O) groups is 1. The summed E-state index contributed by atoms with van der Waals surface area (Å²) in [4.78, 5) is 15.6. The highest BCUT2D eigenvalue weighted by molar-refractivity contribution is 5.69. The number of aliphatic carboxylic acids is 1. The smallest absolute Gasteiger partial charge is 0.317 e. The van der Waals surface area contributed by atoms with Crippen molar-refractivity contribution in [3.8, 4) is 5.75 Å². The summed E-state index contributed by atoms with van der Waals surface area (Å²) in [5, 5.41) is 19.2. The van der Waals surface area contributed by atoms with Crippen LogP contribution in [-0.4, -0.2) is 53.8 Å². The van der Waals surface area contributed by atoms with Crippen LogP contribution in [0.2, 0.25) is 0 Å². The van der Waals surface area contributed by atoms with E-state index in [1.54, 1.807) is 0 Å². The van der Waals surface area contributed by atoms with Crippen LogP contribution in [0.25, 0.3) is 0 Å². The van der Waals surface area contributed by atoms with Gasteiger partial charge < -0.3 is 15.1 Å². The Morgan fingerprint density at radius 2 is 1.72 bits per heavy atom. The van der Waals surface area contributed by atoms with E-state index in [9.17, 15) is 9.90 Å². The minimum Gasteiger partial charge on any atom is -0.508 e. The largest absolute Gasteiger partial charge is 0.508 e. The molecule has 0 aromatic heterocycles. The first-order chi connectivity index (χ1) is 17.5. The number of hydrogen-bond donors (Lipinski definition) is 2. The molecule has 2 N–H and O–H groups in total. The number of phenolic OH excluding ortho intramolecular Hbond substituents is 1. The molecule has 1 spiro atoms. The molecule has 0 unspecified atom stereocenters. The molecule has 0 radical (unpaired) electrons. The van der Waals surface area contributed by atoms with Gasteiger partial charge in [0.15, 0.2) is 0 Å². The van der Waals surface area contributed by atoms with Gasteiger partial charge in [-0.15, -0.1) is 0 Å². The van der Waals surface area contributed by atoms with Crippen molar-refractivity contribution in [2.24, 2.45) is 5.41 Å². The molecule has 6 rings (SSSR count). The van der Waals surface area contributed by atoms with Crippen molar-refractivity contribution in [3.63, 3.8) is 0 Å². The molecular weight excluding hydrogens is 448 g/mol. The van der Waals surface area contributed by atoms with Gasteiger partial charge in [-0.1, -0.05) is 48.5 Å². The summed E-state index contributed by atoms with van der Waals surface area (Å²) < 4.78 is 0. The molecule has 2 atom stereocenters. The molecule has 1 aliphatic carbocycles. The number of phenols is 1. The van der Waals surface area contributed by atoms with Crippen molar-refractivity contribution in [2.45, 2.75) is 37.5 Å². The highest BCUT2D eigenvalue weighted by atomic mass is 16.4. The lowest BCUT2D eigenvalue weighted by Crippen LogP contribution is -2.63. The number of aryl methyl sites for hydroxylation is 1. The Hall–Kier alpha value is -3.31. The second-order valence-corrected chi connectivity index (χ2v) is 11.1. The Bertz CT molecular complexity index is 1230. The molecule has 2 heterocycles. The van der Waals surface area contributed by atoms with Crippen LogP contribution in [0.5, 0.6) is 5.75 Å². The SMILES string of the molecule is O=C(O)CN1CC2(CCCN(c3ccc([C@@H]4c5ccc(O)cc5CC[C@@H]4c4ccccc4)cc3)C2)C1. The maximum absolute atomic E-state index is 11.1. The highest BCUT2D eigenvalue weighted by Crippen LogP contribution is 2.47. The van der Waals surface area contributed by atoms with Crippen LogP contribution < -0.4 is 4.90 Å². The molecule has 3 aromatic carbocycles. The fraction of sp³-hybridized carbons (Fsp3) is 0.387. The molecule has 2 fully saturated rings. The van der Waals surface area contributed by atoms with Gasteiger partial charge in [0.1, 0.15) is 5.75 Å². The van der Waals surface area contributed by atoms with Crippen LogP contribution in [0.4, 0.5) is 5.69 Å². The van der Waals surface area contributed by atoms with Crippen molar-refractivity contribution in [2.75, 3.05) is 37.6 Å². The van der Waals surface area contributed by atoms with Gasteiger partial charge in [-0.2, -0.15) is 0 Å². The van der Waals surface area contributed by atoms with Crippen LogP contribution in [0.1, 0.15) is 53.4 Å². The Morgan fingerprint density at radius 3 is 2.47 bits per heavy atom. The van der Waals surface area contributed by atoms with Gasteiger partial charge in [0.2, 0.25) is 0 Å². The second kappa shape index (κ2) is 9.29. The van der Waals surface area contributed by atoms with Gasteiger partial charge in [0.05, 0.1) is 6.54 Å². The average molecular weight is 483 g/mol. The Kier molecular flexibility index (Phi) is 5.96. The van der Waals surface area contributed by atoms with Gasteiger partial charge in [0, 0.05) is 43.2 Å². The van der Waals surface area contributed by atoms with Gasteiger partial charge >= 0.3 is 5.97 Å². The first-order valence-electron chi connectivity index (χ1n) is 13.2. The van der Waals surface area contributed by atoms with Crippen LogP contribution in [0.15, 0.2) is 72.8 Å². The number of nitrogens with zero attached hydrogens (tertiary/aromatic N) is 2. The van der Waals surface area contributed by atoms with E-state index in [2.05, 4.69) is 70.5 Å². The van der Waals surface area contributed by atoms with Crippen LogP contribution in [0.3, 0.4) is 0 Å². The molecule has 36 heavy (non-hydrogen) atoms. The minimum absolute atomic E-state index is 0.152. The molecule has 0 bridgehead atoms. The molecule has 0 saturated carbocycles. The number of aromatic hydroxyl groups is 1. The molecule has 0 amide bonds. The normalized spacial score (nSPS) is 23.2. The van der Waals surface area contributed by atoms with Crippen LogP contribution in [0, 0.1) is 5.41 Å². The van der Waals surface area contributed by atoms with Crippen molar-refractivity contribution in [1.29, 1.82) is 0 Å². The predicted molar refractivity (Wildman–Crippen MR) is 142 cm³/mol. The van der Waals surface area contributed by atoms with Gasteiger partial charge in [-0.3, -0.25) is 9.69 Å². The lowest BCUT2D eigenvalue weighted by atomic mass is 9.69. The second-order valence-electron chi connectivity index (χ2n) is 11.1. The minimum atomic E-state index is -0.735. The number of piperidine rings is 1. The summed E-state index contributed by atoms with van der Waals surface area (Å²) in [7, 11) is 0. The summed E-state index contributed by atoms with van der Waals surface area (Å²) in [6.07, 6.45) is 4.38. The van der Waals surface area contributed by atoms with Crippen molar-refractivity contribution < 1.29 is 15.0 Å². The third-order valence-electron chi connectivity index (χ3n) is 8.57. The fourth-order valence-corrected chi connectivity index (χ4v) is 7.06. The molecule has 3 aliphatic rings. The van der Waals surface area contributed by atoms with Crippen molar-refractivity contribution in [3.05, 3.63) is 95.1 Å². The number of benzene rings is 3. The van der Waals surface area contributed by atoms with Gasteiger partial charge in [0.25, 0.3) is 0 Å². The molecule has 5 heteroatoms. The zero-order chi connectivity index (χ0) is 24.7. The van der Waals surface area contributed by atoms with E-state index in [0.717, 1.165) is 45.4 Å². The number of fused-ring (bicyclic) bond motifs is 1. The molecule has 3 aromatic rings. The lowest BCUT2D eigenvalue weighted by molar-refractivity contribution is -0.142. The quantitative estimate of drug-likeness (QED) is 0.521. The monoisotopic (exact) mass is 482 g/mol. The summed E-state index contributed by atoms with van der Waals surface area (Å²) in [6, 6.07) is 25.9. The van der Waals surface area contributed by atoms with E-state index < -0.39 is 5.97 Å². The average Bonchev–Trinajstić information content (AvgIpc) is 2.87. The van der Waals surface area contributed by atoms with Crippen molar-refractivity contribution >= 4 is 11.7 Å². The van der Waals surface area contributed by atoms with E-state index in [-0.39, 0.29) is 17.9 Å². The number of anilines is 1. The Labute approximate surface area is 213 Å². The number of carboxylic acid groups (broad SMARTS) is 1. The number of likely N-dealkylation sites (tertiary alicyclic amines) is 1. The summed E-state index contributed by atoms with van der Waals surface area (Å²) >= 11 is 0. The zero-order valence-corrected chi connectivity index (χ0v) is 20.6. The first-order valence-corrected chi connectivity index (χ1v) is 13.2. The predicted octanol–water partition coefficient (Wildman–Crippen LogP) is 5.24. The fourth-order valence-electron chi connectivity index (χ4n) is 7.06. The van der Waals surface area contributed by atoms with Crippen molar-refractivity contribution in [1.82, 2.24) is 4.90 Å². The molecule has 5 nitrogen and oxygen atoms in total. The van der Waals surface area contributed by atoms with Gasteiger partial charge in [-0.25, -0.2) is 0 Å². The van der Waals surface area contributed by atoms with E-state index in [1.807, 2.05) is 12.1 Å². The Balaban J connectivity index is 1.25. The van der Waals surface area contributed by atoms with E-state index in [0.29, 0.717) is 11.7 Å². The maximum Gasteiger partial charge on any atom is 0.317 e. The van der Waals surface area contributed by atoms with E-state index >= 15 is 0 Å². The summed E-state index contributed by atoms with van der Waals surface area (Å²) in [5.41, 5.74) is 6.76. The standard InChI is InChI=1S/C31H34N2O3/c34-26-12-14-28-24(17-26)9-13-27(22-5-2-1-3-6-22)30(28)23-7-10-25(11-8-23)33-16-4-15-31(21-33)19-32(20-31)18-29(35)36/h1-3,5-8,10-12,14,17,27,30,34H,4,9,13,15-16,18-21H2,(H,35,36)/t27-,30+/m1/s1. The number of rotatable bonds is 5. The lowest BCUT2D eigenvalue weighted by Gasteiger charge is -2.54. The third-order valence-corrected chi connectivity index (χ3v) is 8.57. The van der Waals surface area contributed by atoms with E-state index in [4.69, 9.17) is 5.11 Å². The Morgan fingerprint density at radius 1 is 0.944 bits per heavy atom. The van der Waals surface area contributed by atoms with Crippen LogP contribution in [-0.2, 0) is 11.2 Å². The topological polar surface area (TPSA) is 64.0 Å². The third kappa shape index (κ3) is 4.37. The molecule has 186 valence electrons. The molecule has 2 aliphatic heterocycles. The van der Waals surface area contributed by atoms with Gasteiger partial charge in [-0.05, 0) is 78.1 Å². The van der Waals surface area contributed by atoms with Crippen LogP contribution >= 0.6 is 0 Å². The first kappa shape index (κ1) is 23.1. The highest BCUT2D eigenvalue weighted by Gasteiger charge is 2.46. The maximum atomic E-state index is 11.1. The zero-order valence-electron chi connectivity index (χ0n) is 20.6. The summed E-state index contributed by atoms with van der Waals surface area (Å²) in [6.45, 7) is 3.98. The summed E-state index contributed by atoms with van der Waals surface area (Å²) in [5.74, 6) is 0.275. The molecular formula is C31H34N2O3. The number of hydrogen-bond acceptors (Lipinski definition) is 4. The molecule has 2 saturated heterocycles. The van der Waals surface area contributed by atoms with E-state index in [1.165, 1.54) is 34.4 Å². The number of carboxylic acids is 1.